The van der Waals surface area contributed by atoms with E-state index in [4.69, 9.17) is 11.6 Å². The monoisotopic (exact) mass is 595 g/mol. The summed E-state index contributed by atoms with van der Waals surface area (Å²) in [5.41, 5.74) is -2.99. The number of aromatic nitrogens is 2. The van der Waals surface area contributed by atoms with Crippen molar-refractivity contribution in [2.75, 3.05) is 12.4 Å². The summed E-state index contributed by atoms with van der Waals surface area (Å²) < 4.78 is 68.3. The van der Waals surface area contributed by atoms with Crippen molar-refractivity contribution in [1.82, 2.24) is 20.0 Å². The number of carbonyl (C=O) groups excluding carboxylic acids is 1. The molecule has 3 N–H and O–H groups in total. The summed E-state index contributed by atoms with van der Waals surface area (Å²) in [6.45, 7) is -0.333. The van der Waals surface area contributed by atoms with Crippen LogP contribution >= 0.6 is 11.6 Å². The zero-order valence-electron chi connectivity index (χ0n) is 21.4. The van der Waals surface area contributed by atoms with E-state index < -0.39 is 52.5 Å². The Hall–Kier alpha value is -3.65. The molecule has 1 atom stereocenters. The number of benzene rings is 2. The first-order chi connectivity index (χ1) is 19.3. The second kappa shape index (κ2) is 10.6. The SMILES string of the molecule is CN1N(Cc2cccc(F)c2F)C(O)C(C(=O)Nc2ccc(Cl)cc2-c2cc(C(F)(F)F)ncn2)=C(O)C12CCC2. The van der Waals surface area contributed by atoms with Crippen LogP contribution in [0.5, 0.6) is 0 Å². The molecule has 1 fully saturated rings. The summed E-state index contributed by atoms with van der Waals surface area (Å²) >= 11 is 6.09. The van der Waals surface area contributed by atoms with Crippen molar-refractivity contribution in [3.63, 3.8) is 0 Å². The minimum Gasteiger partial charge on any atom is -0.510 e. The predicted molar refractivity (Wildman–Crippen MR) is 138 cm³/mol. The molecule has 8 nitrogen and oxygen atoms in total. The molecule has 0 saturated heterocycles. The molecule has 1 amide bonds. The highest BCUT2D eigenvalue weighted by molar-refractivity contribution is 6.31. The Bertz CT molecular complexity index is 1550. The summed E-state index contributed by atoms with van der Waals surface area (Å²) in [7, 11) is 1.56. The summed E-state index contributed by atoms with van der Waals surface area (Å²) in [5, 5.41) is 28.0. The van der Waals surface area contributed by atoms with Gasteiger partial charge >= 0.3 is 6.18 Å². The number of anilines is 1. The Kier molecular flexibility index (Phi) is 7.49. The minimum atomic E-state index is -4.75. The van der Waals surface area contributed by atoms with Gasteiger partial charge in [-0.05, 0) is 49.6 Å². The summed E-state index contributed by atoms with van der Waals surface area (Å²) in [6.07, 6.45) is -4.30. The van der Waals surface area contributed by atoms with Gasteiger partial charge < -0.3 is 15.5 Å². The van der Waals surface area contributed by atoms with Crippen LogP contribution in [0.25, 0.3) is 11.3 Å². The molecule has 1 spiro atoms. The third-order valence-corrected chi connectivity index (χ3v) is 7.73. The van der Waals surface area contributed by atoms with E-state index in [2.05, 4.69) is 15.3 Å². The zero-order chi connectivity index (χ0) is 29.7. The van der Waals surface area contributed by atoms with E-state index in [1.54, 1.807) is 7.05 Å². The van der Waals surface area contributed by atoms with Gasteiger partial charge in [0.2, 0.25) is 0 Å². The molecule has 0 radical (unpaired) electrons. The van der Waals surface area contributed by atoms with Crippen LogP contribution in [0.4, 0.5) is 27.6 Å². The van der Waals surface area contributed by atoms with Gasteiger partial charge in [-0.2, -0.15) is 13.2 Å². The van der Waals surface area contributed by atoms with Crippen LogP contribution in [-0.2, 0) is 17.5 Å². The first-order valence-corrected chi connectivity index (χ1v) is 12.8. The van der Waals surface area contributed by atoms with E-state index in [-0.39, 0.29) is 34.1 Å². The molecule has 2 aliphatic rings. The van der Waals surface area contributed by atoms with Gasteiger partial charge in [-0.15, -0.1) is 0 Å². The zero-order valence-corrected chi connectivity index (χ0v) is 22.1. The molecule has 5 rings (SSSR count). The average Bonchev–Trinajstić information content (AvgIpc) is 2.89. The summed E-state index contributed by atoms with van der Waals surface area (Å²) in [4.78, 5) is 20.8. The second-order valence-corrected chi connectivity index (χ2v) is 10.2. The molecule has 1 aliphatic carbocycles. The van der Waals surface area contributed by atoms with E-state index in [1.807, 2.05) is 0 Å². The molecule has 3 aromatic rings. The Morgan fingerprint density at radius 3 is 2.56 bits per heavy atom. The van der Waals surface area contributed by atoms with E-state index >= 15 is 0 Å². The Morgan fingerprint density at radius 1 is 1.17 bits per heavy atom. The van der Waals surface area contributed by atoms with Crippen molar-refractivity contribution in [3.05, 3.63) is 88.0 Å². The number of hydrazine groups is 1. The fraction of sp³-hybridized carbons (Fsp3) is 0.296. The van der Waals surface area contributed by atoms with Crippen LogP contribution in [0, 0.1) is 11.6 Å². The van der Waals surface area contributed by atoms with Crippen molar-refractivity contribution in [2.24, 2.45) is 0 Å². The lowest BCUT2D eigenvalue weighted by Gasteiger charge is -2.56. The van der Waals surface area contributed by atoms with Gasteiger partial charge in [-0.3, -0.25) is 4.79 Å². The normalized spacial score (nSPS) is 19.4. The molecular formula is C27H23ClF5N5O3. The maximum Gasteiger partial charge on any atom is 0.433 e. The molecule has 1 aliphatic heterocycles. The van der Waals surface area contributed by atoms with Crippen molar-refractivity contribution in [2.45, 2.75) is 43.8 Å². The van der Waals surface area contributed by atoms with E-state index in [0.29, 0.717) is 25.3 Å². The first-order valence-electron chi connectivity index (χ1n) is 12.4. The number of aliphatic hydroxyl groups is 2. The van der Waals surface area contributed by atoms with Gasteiger partial charge in [-0.25, -0.2) is 28.8 Å². The molecule has 2 heterocycles. The highest BCUT2D eigenvalue weighted by Crippen LogP contribution is 2.48. The van der Waals surface area contributed by atoms with Gasteiger partial charge in [-0.1, -0.05) is 23.7 Å². The molecule has 2 aromatic carbocycles. The smallest absolute Gasteiger partial charge is 0.433 e. The molecule has 0 bridgehead atoms. The third kappa shape index (κ3) is 5.14. The molecule has 1 aromatic heterocycles. The average molecular weight is 596 g/mol. The van der Waals surface area contributed by atoms with Gasteiger partial charge in [0.15, 0.2) is 17.9 Å². The number of carbonyl (C=O) groups is 1. The van der Waals surface area contributed by atoms with Gasteiger partial charge in [0.1, 0.15) is 23.4 Å². The topological polar surface area (TPSA) is 102 Å². The lowest BCUT2D eigenvalue weighted by atomic mass is 9.72. The van der Waals surface area contributed by atoms with E-state index in [0.717, 1.165) is 12.4 Å². The number of alkyl halides is 3. The first kappa shape index (κ1) is 28.9. The Labute approximate surface area is 235 Å². The Balaban J connectivity index is 1.52. The van der Waals surface area contributed by atoms with Crippen LogP contribution in [-0.4, -0.2) is 54.9 Å². The van der Waals surface area contributed by atoms with Crippen LogP contribution < -0.4 is 5.32 Å². The van der Waals surface area contributed by atoms with Crippen molar-refractivity contribution < 1.29 is 37.0 Å². The number of halogens is 6. The van der Waals surface area contributed by atoms with E-state index in [9.17, 15) is 37.0 Å². The predicted octanol–water partition coefficient (Wildman–Crippen LogP) is 5.45. The van der Waals surface area contributed by atoms with E-state index in [1.165, 1.54) is 40.3 Å². The number of hydrogen-bond donors (Lipinski definition) is 3. The fourth-order valence-corrected chi connectivity index (χ4v) is 5.28. The molecular weight excluding hydrogens is 573 g/mol. The quantitative estimate of drug-likeness (QED) is 0.337. The number of rotatable bonds is 5. The second-order valence-electron chi connectivity index (χ2n) is 9.79. The number of nitrogens with one attached hydrogen (secondary N) is 1. The van der Waals surface area contributed by atoms with Crippen LogP contribution in [0.1, 0.15) is 30.5 Å². The molecule has 14 heteroatoms. The largest absolute Gasteiger partial charge is 0.510 e. The van der Waals surface area contributed by atoms with Gasteiger partial charge in [0.05, 0.1) is 16.9 Å². The fourth-order valence-electron chi connectivity index (χ4n) is 5.11. The number of likely N-dealkylation sites (N-methyl/N-ethyl adjacent to an activating group) is 1. The molecule has 216 valence electrons. The van der Waals surface area contributed by atoms with Crippen molar-refractivity contribution in [3.8, 4) is 11.3 Å². The minimum absolute atomic E-state index is 0.0111. The lowest BCUT2D eigenvalue weighted by Crippen LogP contribution is -2.66. The lowest BCUT2D eigenvalue weighted by molar-refractivity contribution is -0.203. The number of nitrogens with zero attached hydrogens (tertiary/aromatic N) is 4. The maximum absolute atomic E-state index is 14.5. The molecule has 1 saturated carbocycles. The summed E-state index contributed by atoms with van der Waals surface area (Å²) in [5.74, 6) is -3.56. The highest BCUT2D eigenvalue weighted by atomic mass is 35.5. The maximum atomic E-state index is 14.5. The van der Waals surface area contributed by atoms with Crippen molar-refractivity contribution in [1.29, 1.82) is 0 Å². The summed E-state index contributed by atoms with van der Waals surface area (Å²) in [6, 6.07) is 8.31. The van der Waals surface area contributed by atoms with Crippen LogP contribution in [0.2, 0.25) is 5.02 Å². The van der Waals surface area contributed by atoms with Crippen LogP contribution in [0.3, 0.4) is 0 Å². The van der Waals surface area contributed by atoms with Crippen molar-refractivity contribution >= 4 is 23.2 Å². The van der Waals surface area contributed by atoms with Gasteiger partial charge in [0.25, 0.3) is 5.91 Å². The number of aliphatic hydroxyl groups excluding tert-OH is 2. The molecule has 41 heavy (non-hydrogen) atoms. The number of amides is 1. The van der Waals surface area contributed by atoms with Crippen LogP contribution in [0.15, 0.2) is 60.1 Å². The standard InChI is InChI=1S/C27H23ClF5N5O3/c1-37-26(8-3-9-26)23(39)21(25(41)38(37)12-14-4-2-5-17(29)22(14)30)24(40)36-18-7-6-15(28)10-16(18)19-11-20(27(31,32)33)35-13-34-19/h2,4-7,10-11,13,25,39,41H,3,8-9,12H2,1H3,(H,36,40). The highest BCUT2D eigenvalue weighted by Gasteiger charge is 2.54. The third-order valence-electron chi connectivity index (χ3n) is 7.49. The molecule has 1 unspecified atom stereocenters. The van der Waals surface area contributed by atoms with Gasteiger partial charge in [0, 0.05) is 29.7 Å². The Morgan fingerprint density at radius 2 is 1.90 bits per heavy atom. The number of hydrogen-bond acceptors (Lipinski definition) is 7.